The van der Waals surface area contributed by atoms with Gasteiger partial charge in [-0.05, 0) is 64.5 Å². The topological polar surface area (TPSA) is 45.2 Å². The number of benzene rings is 1. The molecule has 1 fully saturated rings. The summed E-state index contributed by atoms with van der Waals surface area (Å²) >= 11 is 0. The number of methoxy groups -OCH3 is 1. The summed E-state index contributed by atoms with van der Waals surface area (Å²) in [5, 5.41) is 10.2. The zero-order valence-corrected chi connectivity index (χ0v) is 17.6. The molecule has 1 heterocycles. The summed E-state index contributed by atoms with van der Waals surface area (Å²) in [6.45, 7) is 8.39. The van der Waals surface area contributed by atoms with Crippen molar-refractivity contribution in [3.63, 3.8) is 0 Å². The Labute approximate surface area is 165 Å². The highest BCUT2D eigenvalue weighted by atomic mass is 16.5. The molecule has 5 nitrogen and oxygen atoms in total. The second-order valence-electron chi connectivity index (χ2n) is 8.03. The minimum absolute atomic E-state index is 0.263. The highest BCUT2D eigenvalue weighted by Crippen LogP contribution is 2.29. The molecule has 0 spiro atoms. The first-order chi connectivity index (χ1) is 13.0. The van der Waals surface area contributed by atoms with E-state index in [1.165, 1.54) is 50.8 Å². The summed E-state index contributed by atoms with van der Waals surface area (Å²) in [6.07, 6.45) is 6.14. The van der Waals surface area contributed by atoms with Crippen LogP contribution < -0.4 is 9.47 Å². The van der Waals surface area contributed by atoms with Crippen LogP contribution in [0.25, 0.3) is 0 Å². The Morgan fingerprint density at radius 3 is 2.37 bits per heavy atom. The highest BCUT2D eigenvalue weighted by Gasteiger charge is 2.14. The van der Waals surface area contributed by atoms with E-state index in [1.807, 2.05) is 13.1 Å². The second-order valence-corrected chi connectivity index (χ2v) is 8.03. The van der Waals surface area contributed by atoms with Crippen LogP contribution in [0.1, 0.15) is 51.5 Å². The van der Waals surface area contributed by atoms with Crippen molar-refractivity contribution in [1.29, 1.82) is 0 Å². The Bertz CT molecular complexity index is 542. The van der Waals surface area contributed by atoms with E-state index >= 15 is 0 Å². The van der Waals surface area contributed by atoms with Gasteiger partial charge in [0.1, 0.15) is 12.7 Å². The molecule has 27 heavy (non-hydrogen) atoms. The van der Waals surface area contributed by atoms with Crippen LogP contribution in [-0.4, -0.2) is 67.5 Å². The van der Waals surface area contributed by atoms with Crippen LogP contribution in [-0.2, 0) is 6.54 Å². The minimum atomic E-state index is -0.525. The molecule has 1 unspecified atom stereocenters. The Balaban J connectivity index is 1.90. The third kappa shape index (κ3) is 7.68. The first-order valence-electron chi connectivity index (χ1n) is 10.4. The van der Waals surface area contributed by atoms with E-state index < -0.39 is 6.10 Å². The van der Waals surface area contributed by atoms with E-state index in [2.05, 4.69) is 35.8 Å². The summed E-state index contributed by atoms with van der Waals surface area (Å²) < 4.78 is 11.4. The third-order valence-corrected chi connectivity index (χ3v) is 5.39. The molecule has 1 aromatic carbocycles. The Morgan fingerprint density at radius 1 is 1.07 bits per heavy atom. The quantitative estimate of drug-likeness (QED) is 0.712. The smallest absolute Gasteiger partial charge is 0.161 e. The average molecular weight is 379 g/mol. The maximum Gasteiger partial charge on any atom is 0.161 e. The fourth-order valence-electron chi connectivity index (χ4n) is 3.44. The SMILES string of the molecule is COc1cc(CN2CCCCCCC2)ccc1OCC(O)CN(C)C(C)C. The largest absolute Gasteiger partial charge is 0.493 e. The number of likely N-dealkylation sites (tertiary alicyclic amines) is 1. The van der Waals surface area contributed by atoms with Gasteiger partial charge in [0.25, 0.3) is 0 Å². The molecular formula is C22H38N2O3. The second kappa shape index (κ2) is 11.5. The first-order valence-corrected chi connectivity index (χ1v) is 10.4. The Kier molecular flexibility index (Phi) is 9.39. The monoisotopic (exact) mass is 378 g/mol. The number of likely N-dealkylation sites (N-methyl/N-ethyl adjacent to an activating group) is 1. The average Bonchev–Trinajstić information content (AvgIpc) is 2.62. The maximum atomic E-state index is 10.2. The van der Waals surface area contributed by atoms with Crippen molar-refractivity contribution in [2.75, 3.05) is 40.4 Å². The molecule has 154 valence electrons. The summed E-state index contributed by atoms with van der Waals surface area (Å²) in [6, 6.07) is 6.55. The molecule has 0 aliphatic carbocycles. The van der Waals surface area contributed by atoms with E-state index in [0.717, 1.165) is 12.3 Å². The fourth-order valence-corrected chi connectivity index (χ4v) is 3.44. The van der Waals surface area contributed by atoms with Crippen molar-refractivity contribution < 1.29 is 14.6 Å². The zero-order valence-electron chi connectivity index (χ0n) is 17.6. The van der Waals surface area contributed by atoms with Gasteiger partial charge in [-0.2, -0.15) is 0 Å². The number of aliphatic hydroxyl groups is 1. The number of aliphatic hydroxyl groups excluding tert-OH is 1. The minimum Gasteiger partial charge on any atom is -0.493 e. The van der Waals surface area contributed by atoms with Gasteiger partial charge in [-0.15, -0.1) is 0 Å². The van der Waals surface area contributed by atoms with Crippen LogP contribution in [0.4, 0.5) is 0 Å². The van der Waals surface area contributed by atoms with Gasteiger partial charge in [0.05, 0.1) is 7.11 Å². The molecule has 1 aliphatic rings. The molecular weight excluding hydrogens is 340 g/mol. The summed E-state index contributed by atoms with van der Waals surface area (Å²) in [5.41, 5.74) is 1.25. The zero-order chi connectivity index (χ0) is 19.6. The number of ether oxygens (including phenoxy) is 2. The Hall–Kier alpha value is -1.30. The molecule has 1 atom stereocenters. The number of hydrogen-bond donors (Lipinski definition) is 1. The number of hydrogen-bond acceptors (Lipinski definition) is 5. The number of rotatable bonds is 9. The lowest BCUT2D eigenvalue weighted by molar-refractivity contribution is 0.0668. The van der Waals surface area contributed by atoms with Crippen molar-refractivity contribution in [2.24, 2.45) is 0 Å². The summed E-state index contributed by atoms with van der Waals surface area (Å²) in [7, 11) is 3.68. The van der Waals surface area contributed by atoms with Crippen LogP contribution >= 0.6 is 0 Å². The van der Waals surface area contributed by atoms with Crippen molar-refractivity contribution in [1.82, 2.24) is 9.80 Å². The van der Waals surface area contributed by atoms with E-state index in [1.54, 1.807) is 7.11 Å². The molecule has 1 N–H and O–H groups in total. The van der Waals surface area contributed by atoms with E-state index in [4.69, 9.17) is 9.47 Å². The van der Waals surface area contributed by atoms with Crippen molar-refractivity contribution in [3.8, 4) is 11.5 Å². The molecule has 0 amide bonds. The van der Waals surface area contributed by atoms with Gasteiger partial charge in [-0.1, -0.05) is 25.3 Å². The van der Waals surface area contributed by atoms with Gasteiger partial charge in [-0.25, -0.2) is 0 Å². The van der Waals surface area contributed by atoms with Gasteiger partial charge in [-0.3, -0.25) is 4.90 Å². The third-order valence-electron chi connectivity index (χ3n) is 5.39. The number of nitrogens with zero attached hydrogens (tertiary/aromatic N) is 2. The molecule has 0 radical (unpaired) electrons. The Morgan fingerprint density at radius 2 is 1.74 bits per heavy atom. The summed E-state index contributed by atoms with van der Waals surface area (Å²) in [4.78, 5) is 4.65. The molecule has 1 aromatic rings. The molecule has 0 bridgehead atoms. The van der Waals surface area contributed by atoms with E-state index in [9.17, 15) is 5.11 Å². The lowest BCUT2D eigenvalue weighted by Crippen LogP contribution is -2.36. The fraction of sp³-hybridized carbons (Fsp3) is 0.727. The van der Waals surface area contributed by atoms with Crippen LogP contribution in [0.3, 0.4) is 0 Å². The molecule has 2 rings (SSSR count). The molecule has 0 saturated carbocycles. The van der Waals surface area contributed by atoms with Gasteiger partial charge in [0.15, 0.2) is 11.5 Å². The van der Waals surface area contributed by atoms with Gasteiger partial charge in [0, 0.05) is 19.1 Å². The highest BCUT2D eigenvalue weighted by molar-refractivity contribution is 5.43. The standard InChI is InChI=1S/C22H38N2O3/c1-18(2)23(3)16-20(25)17-27-21-11-10-19(14-22(21)26-4)15-24-12-8-6-5-7-9-13-24/h10-11,14,18,20,25H,5-9,12-13,15-17H2,1-4H3. The maximum absolute atomic E-state index is 10.2. The van der Waals surface area contributed by atoms with Crippen LogP contribution in [0.5, 0.6) is 11.5 Å². The molecule has 1 saturated heterocycles. The first kappa shape index (κ1) is 22.0. The predicted molar refractivity (Wildman–Crippen MR) is 111 cm³/mol. The van der Waals surface area contributed by atoms with Crippen molar-refractivity contribution in [3.05, 3.63) is 23.8 Å². The molecule has 0 aromatic heterocycles. The lowest BCUT2D eigenvalue weighted by atomic mass is 10.1. The van der Waals surface area contributed by atoms with E-state index in [0.29, 0.717) is 18.3 Å². The molecule has 1 aliphatic heterocycles. The predicted octanol–water partition coefficient (Wildman–Crippen LogP) is 3.54. The van der Waals surface area contributed by atoms with Gasteiger partial charge < -0.3 is 19.5 Å². The van der Waals surface area contributed by atoms with E-state index in [-0.39, 0.29) is 6.61 Å². The normalized spacial score (nSPS) is 17.6. The van der Waals surface area contributed by atoms with Crippen molar-refractivity contribution >= 4 is 0 Å². The van der Waals surface area contributed by atoms with Crippen LogP contribution in [0, 0.1) is 0 Å². The van der Waals surface area contributed by atoms with Gasteiger partial charge in [0.2, 0.25) is 0 Å². The summed E-state index contributed by atoms with van der Waals surface area (Å²) in [5.74, 6) is 1.43. The van der Waals surface area contributed by atoms with Crippen molar-refractivity contribution in [2.45, 2.75) is 64.6 Å². The van der Waals surface area contributed by atoms with Crippen LogP contribution in [0.2, 0.25) is 0 Å². The molecule has 5 heteroatoms. The van der Waals surface area contributed by atoms with Crippen LogP contribution in [0.15, 0.2) is 18.2 Å². The van der Waals surface area contributed by atoms with Gasteiger partial charge >= 0.3 is 0 Å². The lowest BCUT2D eigenvalue weighted by Gasteiger charge is -2.25.